The predicted octanol–water partition coefficient (Wildman–Crippen LogP) is 2.91. The molecular formula is C15H27N3O. The fraction of sp³-hybridized carbons (Fsp3) is 0.800. The Morgan fingerprint density at radius 2 is 2.32 bits per heavy atom. The van der Waals surface area contributed by atoms with Gasteiger partial charge in [0.2, 0.25) is 0 Å². The Morgan fingerprint density at radius 1 is 1.53 bits per heavy atom. The minimum absolute atomic E-state index is 0.357. The highest BCUT2D eigenvalue weighted by atomic mass is 16.5. The van der Waals surface area contributed by atoms with Gasteiger partial charge in [-0.15, -0.1) is 0 Å². The minimum Gasteiger partial charge on any atom is -0.493 e. The summed E-state index contributed by atoms with van der Waals surface area (Å²) in [7, 11) is 3.74. The lowest BCUT2D eigenvalue weighted by Gasteiger charge is -2.34. The topological polar surface area (TPSA) is 39.1 Å². The van der Waals surface area contributed by atoms with Crippen molar-refractivity contribution in [3.63, 3.8) is 0 Å². The van der Waals surface area contributed by atoms with Crippen LogP contribution in [0.3, 0.4) is 0 Å². The average Bonchev–Trinajstić information content (AvgIpc) is 2.77. The molecule has 4 nitrogen and oxygen atoms in total. The zero-order valence-electron chi connectivity index (χ0n) is 12.6. The monoisotopic (exact) mass is 265 g/mol. The van der Waals surface area contributed by atoms with E-state index in [2.05, 4.69) is 24.3 Å². The number of hydrogen-bond acceptors (Lipinski definition) is 3. The van der Waals surface area contributed by atoms with E-state index in [-0.39, 0.29) is 0 Å². The number of nitrogens with zero attached hydrogens (tertiary/aromatic N) is 2. The first-order chi connectivity index (χ1) is 9.17. The molecule has 4 heteroatoms. The quantitative estimate of drug-likeness (QED) is 0.889. The van der Waals surface area contributed by atoms with E-state index in [4.69, 9.17) is 4.74 Å². The van der Waals surface area contributed by atoms with Gasteiger partial charge in [0.25, 0.3) is 0 Å². The van der Waals surface area contributed by atoms with E-state index >= 15 is 0 Å². The van der Waals surface area contributed by atoms with E-state index in [0.29, 0.717) is 12.0 Å². The summed E-state index contributed by atoms with van der Waals surface area (Å²) in [5, 5.41) is 8.01. The minimum atomic E-state index is 0.357. The molecule has 19 heavy (non-hydrogen) atoms. The second-order valence-corrected chi connectivity index (χ2v) is 5.79. The number of aromatic nitrogens is 2. The van der Waals surface area contributed by atoms with Crippen molar-refractivity contribution in [1.82, 2.24) is 15.1 Å². The maximum Gasteiger partial charge on any atom is 0.161 e. The summed E-state index contributed by atoms with van der Waals surface area (Å²) >= 11 is 0. The van der Waals surface area contributed by atoms with Crippen LogP contribution < -0.4 is 10.1 Å². The molecule has 1 aromatic heterocycles. The summed E-state index contributed by atoms with van der Waals surface area (Å²) in [6.45, 7) is 5.52. The maximum atomic E-state index is 5.49. The van der Waals surface area contributed by atoms with Crippen molar-refractivity contribution in [2.24, 2.45) is 18.9 Å². The lowest BCUT2D eigenvalue weighted by molar-refractivity contribution is 0.216. The average molecular weight is 265 g/mol. The molecule has 0 bridgehead atoms. The van der Waals surface area contributed by atoms with Gasteiger partial charge in [-0.3, -0.25) is 4.68 Å². The fourth-order valence-corrected chi connectivity index (χ4v) is 3.43. The van der Waals surface area contributed by atoms with E-state index in [1.165, 1.54) is 31.4 Å². The van der Waals surface area contributed by atoms with Gasteiger partial charge in [-0.2, -0.15) is 5.10 Å². The van der Waals surface area contributed by atoms with Crippen molar-refractivity contribution in [2.75, 3.05) is 13.7 Å². The van der Waals surface area contributed by atoms with Crippen LogP contribution in [-0.2, 0) is 7.05 Å². The Morgan fingerprint density at radius 3 is 2.95 bits per heavy atom. The molecule has 0 radical (unpaired) electrons. The van der Waals surface area contributed by atoms with Gasteiger partial charge in [0.1, 0.15) is 0 Å². The SMILES string of the molecule is CCNC(c1c(OC)cnn1C)C1CCCC(C)C1. The fourth-order valence-electron chi connectivity index (χ4n) is 3.43. The first-order valence-corrected chi connectivity index (χ1v) is 7.46. The standard InChI is InChI=1S/C15H27N3O/c1-5-16-14(12-8-6-7-11(2)9-12)15-13(19-4)10-17-18(15)3/h10-12,14,16H,5-9H2,1-4H3. The Labute approximate surface area is 116 Å². The van der Waals surface area contributed by atoms with Gasteiger partial charge in [-0.1, -0.05) is 26.7 Å². The summed E-state index contributed by atoms with van der Waals surface area (Å²) in [4.78, 5) is 0. The molecule has 0 spiro atoms. The number of rotatable bonds is 5. The molecule has 1 aliphatic rings. The molecule has 1 saturated carbocycles. The Kier molecular flexibility index (Phi) is 4.86. The van der Waals surface area contributed by atoms with Crippen molar-refractivity contribution in [1.29, 1.82) is 0 Å². The second-order valence-electron chi connectivity index (χ2n) is 5.79. The summed E-state index contributed by atoms with van der Waals surface area (Å²) < 4.78 is 7.45. The van der Waals surface area contributed by atoms with Crippen LogP contribution in [0.15, 0.2) is 6.20 Å². The third-order valence-corrected chi connectivity index (χ3v) is 4.34. The van der Waals surface area contributed by atoms with Gasteiger partial charge in [0.05, 0.1) is 25.0 Å². The van der Waals surface area contributed by atoms with Crippen LogP contribution in [0.5, 0.6) is 5.75 Å². The van der Waals surface area contributed by atoms with Crippen LogP contribution >= 0.6 is 0 Å². The van der Waals surface area contributed by atoms with E-state index in [1.54, 1.807) is 7.11 Å². The van der Waals surface area contributed by atoms with Gasteiger partial charge in [-0.05, 0) is 31.2 Å². The summed E-state index contributed by atoms with van der Waals surface area (Å²) in [6, 6.07) is 0.357. The lowest BCUT2D eigenvalue weighted by Crippen LogP contribution is -2.33. The van der Waals surface area contributed by atoms with Crippen molar-refractivity contribution in [3.8, 4) is 5.75 Å². The molecule has 2 rings (SSSR count). The van der Waals surface area contributed by atoms with Crippen molar-refractivity contribution in [2.45, 2.75) is 45.6 Å². The molecule has 1 heterocycles. The van der Waals surface area contributed by atoms with E-state index in [0.717, 1.165) is 18.2 Å². The van der Waals surface area contributed by atoms with Crippen LogP contribution in [-0.4, -0.2) is 23.4 Å². The molecule has 1 fully saturated rings. The van der Waals surface area contributed by atoms with Gasteiger partial charge in [-0.25, -0.2) is 0 Å². The van der Waals surface area contributed by atoms with Crippen molar-refractivity contribution in [3.05, 3.63) is 11.9 Å². The predicted molar refractivity (Wildman–Crippen MR) is 77.3 cm³/mol. The highest BCUT2D eigenvalue weighted by Crippen LogP contribution is 2.39. The first-order valence-electron chi connectivity index (χ1n) is 7.46. The molecule has 0 saturated heterocycles. The highest BCUT2D eigenvalue weighted by molar-refractivity contribution is 5.28. The van der Waals surface area contributed by atoms with Gasteiger partial charge in [0, 0.05) is 7.05 Å². The Balaban J connectivity index is 2.25. The number of hydrogen-bond donors (Lipinski definition) is 1. The van der Waals surface area contributed by atoms with E-state index in [1.807, 2.05) is 17.9 Å². The molecular weight excluding hydrogens is 238 g/mol. The molecule has 108 valence electrons. The third kappa shape index (κ3) is 3.11. The molecule has 0 aromatic carbocycles. The molecule has 0 amide bonds. The summed E-state index contributed by atoms with van der Waals surface area (Å²) in [5.41, 5.74) is 1.20. The molecule has 3 atom stereocenters. The van der Waals surface area contributed by atoms with Crippen LogP contribution in [0.1, 0.15) is 51.3 Å². The Bertz CT molecular complexity index is 402. The van der Waals surface area contributed by atoms with E-state index in [9.17, 15) is 0 Å². The van der Waals surface area contributed by atoms with Crippen LogP contribution in [0.2, 0.25) is 0 Å². The zero-order valence-corrected chi connectivity index (χ0v) is 12.6. The Hall–Kier alpha value is -1.03. The molecule has 3 unspecified atom stereocenters. The van der Waals surface area contributed by atoms with E-state index < -0.39 is 0 Å². The van der Waals surface area contributed by atoms with Gasteiger partial charge in [0.15, 0.2) is 5.75 Å². The first kappa shape index (κ1) is 14.4. The summed E-state index contributed by atoms with van der Waals surface area (Å²) in [6.07, 6.45) is 7.14. The maximum absolute atomic E-state index is 5.49. The number of methoxy groups -OCH3 is 1. The van der Waals surface area contributed by atoms with Crippen LogP contribution in [0.25, 0.3) is 0 Å². The largest absolute Gasteiger partial charge is 0.493 e. The number of aryl methyl sites for hydroxylation is 1. The van der Waals surface area contributed by atoms with Crippen LogP contribution in [0.4, 0.5) is 0 Å². The number of nitrogens with one attached hydrogen (secondary N) is 1. The molecule has 1 aromatic rings. The molecule has 0 aliphatic heterocycles. The molecule has 1 N–H and O–H groups in total. The smallest absolute Gasteiger partial charge is 0.161 e. The van der Waals surface area contributed by atoms with Gasteiger partial charge >= 0.3 is 0 Å². The number of ether oxygens (including phenoxy) is 1. The van der Waals surface area contributed by atoms with Crippen molar-refractivity contribution < 1.29 is 4.74 Å². The molecule has 1 aliphatic carbocycles. The normalized spacial score (nSPS) is 25.3. The van der Waals surface area contributed by atoms with Crippen LogP contribution in [0, 0.1) is 11.8 Å². The van der Waals surface area contributed by atoms with Crippen molar-refractivity contribution >= 4 is 0 Å². The lowest BCUT2D eigenvalue weighted by atomic mass is 9.77. The second kappa shape index (κ2) is 6.42. The van der Waals surface area contributed by atoms with Gasteiger partial charge < -0.3 is 10.1 Å². The summed E-state index contributed by atoms with van der Waals surface area (Å²) in [5.74, 6) is 2.43. The highest BCUT2D eigenvalue weighted by Gasteiger charge is 2.31. The zero-order chi connectivity index (χ0) is 13.8. The third-order valence-electron chi connectivity index (χ3n) is 4.34.